The summed E-state index contributed by atoms with van der Waals surface area (Å²) in [6.07, 6.45) is 16.9. The first-order chi connectivity index (χ1) is 31.5. The predicted molar refractivity (Wildman–Crippen MR) is 257 cm³/mol. The molecule has 4 amide bonds. The number of fused-ring (bicyclic) bond motifs is 5. The quantitative estimate of drug-likeness (QED) is 0.0417. The van der Waals surface area contributed by atoms with E-state index in [4.69, 9.17) is 14.2 Å². The van der Waals surface area contributed by atoms with Gasteiger partial charge in [0.2, 0.25) is 23.6 Å². The third kappa shape index (κ3) is 13.5. The molecule has 66 heavy (non-hydrogen) atoms. The summed E-state index contributed by atoms with van der Waals surface area (Å²) in [7, 11) is 0. The smallest absolute Gasteiger partial charge is 0.429 e. The minimum atomic E-state index is -0.900. The molecule has 3 saturated carbocycles. The van der Waals surface area contributed by atoms with Crippen LogP contribution in [0.25, 0.3) is 0 Å². The molecular formula is C54H78N4O8. The predicted octanol–water partition coefficient (Wildman–Crippen LogP) is 9.98. The van der Waals surface area contributed by atoms with E-state index in [1.807, 2.05) is 19.1 Å². The number of allylic oxidation sites excluding steroid dienone is 1. The van der Waals surface area contributed by atoms with Gasteiger partial charge in [-0.15, -0.1) is 0 Å². The molecule has 0 aliphatic heterocycles. The molecule has 2 aromatic rings. The Hall–Kier alpha value is -4.71. The first-order valence-electron chi connectivity index (χ1n) is 25.0. The Bertz CT molecular complexity index is 2000. The number of aryl methyl sites for hydroxylation is 1. The maximum absolute atomic E-state index is 12.6. The molecule has 12 heteroatoms. The summed E-state index contributed by atoms with van der Waals surface area (Å²) in [5, 5.41) is 10.7. The summed E-state index contributed by atoms with van der Waals surface area (Å²) in [5.41, 5.74) is 4.64. The van der Waals surface area contributed by atoms with Crippen molar-refractivity contribution in [2.45, 2.75) is 157 Å². The SMILES string of the molecule is Cc1ccc(OC(=O)OCc2ccc(NC(=O)CNC(=O)[C@H](C)NC(=O)CCC(=O)NCCCO[C@H]3CC[C@@]4(C)C(=CC[C@H]5[C@@H]6CC[C@H]([C@H](C)CCCC(C)C)[C@@]6(C)CC[C@@H]54)C3)cc2)cc1. The van der Waals surface area contributed by atoms with Gasteiger partial charge in [0, 0.05) is 31.7 Å². The summed E-state index contributed by atoms with van der Waals surface area (Å²) in [4.78, 5) is 62.1. The molecule has 0 radical (unpaired) electrons. The van der Waals surface area contributed by atoms with Gasteiger partial charge in [-0.2, -0.15) is 0 Å². The van der Waals surface area contributed by atoms with Crippen molar-refractivity contribution in [1.29, 1.82) is 0 Å². The normalized spacial score (nSPS) is 26.4. The first-order valence-corrected chi connectivity index (χ1v) is 25.0. The largest absolute Gasteiger partial charge is 0.514 e. The highest BCUT2D eigenvalue weighted by atomic mass is 16.7. The lowest BCUT2D eigenvalue weighted by Gasteiger charge is -2.58. The van der Waals surface area contributed by atoms with Gasteiger partial charge in [0.15, 0.2) is 0 Å². The molecule has 362 valence electrons. The van der Waals surface area contributed by atoms with Gasteiger partial charge in [-0.25, -0.2) is 4.79 Å². The fourth-order valence-corrected chi connectivity index (χ4v) is 12.1. The highest BCUT2D eigenvalue weighted by Gasteiger charge is 2.59. The summed E-state index contributed by atoms with van der Waals surface area (Å²) in [6.45, 7) is 16.7. The second-order valence-corrected chi connectivity index (χ2v) is 20.9. The Balaban J connectivity index is 0.805. The minimum Gasteiger partial charge on any atom is -0.429 e. The monoisotopic (exact) mass is 911 g/mol. The van der Waals surface area contributed by atoms with Crippen LogP contribution in [0.4, 0.5) is 10.5 Å². The summed E-state index contributed by atoms with van der Waals surface area (Å²) in [5.74, 6) is 3.73. The topological polar surface area (TPSA) is 161 Å². The molecular weight excluding hydrogens is 833 g/mol. The van der Waals surface area contributed by atoms with E-state index >= 15 is 0 Å². The van der Waals surface area contributed by atoms with E-state index in [0.717, 1.165) is 53.9 Å². The van der Waals surface area contributed by atoms with Crippen molar-refractivity contribution in [2.24, 2.45) is 46.3 Å². The van der Waals surface area contributed by atoms with E-state index in [0.29, 0.717) is 47.4 Å². The molecule has 4 aliphatic carbocycles. The molecule has 0 spiro atoms. The lowest BCUT2D eigenvalue weighted by atomic mass is 9.47. The maximum atomic E-state index is 12.6. The average Bonchev–Trinajstić information content (AvgIpc) is 3.65. The number of hydrogen-bond acceptors (Lipinski definition) is 8. The van der Waals surface area contributed by atoms with Crippen LogP contribution in [-0.2, 0) is 35.3 Å². The van der Waals surface area contributed by atoms with E-state index in [1.165, 1.54) is 64.7 Å². The van der Waals surface area contributed by atoms with Crippen LogP contribution in [0.5, 0.6) is 5.75 Å². The van der Waals surface area contributed by atoms with E-state index in [2.05, 4.69) is 62.0 Å². The first kappa shape index (κ1) is 50.7. The zero-order valence-corrected chi connectivity index (χ0v) is 40.8. The van der Waals surface area contributed by atoms with Crippen LogP contribution in [0.15, 0.2) is 60.2 Å². The number of rotatable bonds is 21. The lowest BCUT2D eigenvalue weighted by Crippen LogP contribution is -2.51. The molecule has 0 bridgehead atoms. The number of carbonyl (C=O) groups is 5. The van der Waals surface area contributed by atoms with E-state index < -0.39 is 29.9 Å². The fraction of sp³-hybridized carbons (Fsp3) is 0.648. The number of ether oxygens (including phenoxy) is 3. The Morgan fingerprint density at radius 3 is 2.27 bits per heavy atom. The van der Waals surface area contributed by atoms with Crippen molar-refractivity contribution in [3.63, 3.8) is 0 Å². The number of carbonyl (C=O) groups excluding carboxylic acids is 5. The highest BCUT2D eigenvalue weighted by Crippen LogP contribution is 2.67. The highest BCUT2D eigenvalue weighted by molar-refractivity contribution is 5.96. The molecule has 0 aromatic heterocycles. The van der Waals surface area contributed by atoms with Gasteiger partial charge in [-0.05, 0) is 148 Å². The molecule has 9 atom stereocenters. The zero-order chi connectivity index (χ0) is 47.4. The second kappa shape index (κ2) is 23.3. The van der Waals surface area contributed by atoms with Crippen LogP contribution in [0.2, 0.25) is 0 Å². The van der Waals surface area contributed by atoms with Crippen LogP contribution in [0, 0.1) is 53.3 Å². The van der Waals surface area contributed by atoms with Gasteiger partial charge in [0.1, 0.15) is 18.4 Å². The Labute approximate surface area is 393 Å². The van der Waals surface area contributed by atoms with Gasteiger partial charge in [0.25, 0.3) is 0 Å². The van der Waals surface area contributed by atoms with Gasteiger partial charge in [-0.1, -0.05) is 95.4 Å². The molecule has 0 saturated heterocycles. The number of amides is 4. The van der Waals surface area contributed by atoms with Crippen LogP contribution in [0.3, 0.4) is 0 Å². The van der Waals surface area contributed by atoms with Gasteiger partial charge >= 0.3 is 6.16 Å². The Morgan fingerprint density at radius 2 is 1.53 bits per heavy atom. The maximum Gasteiger partial charge on any atom is 0.514 e. The molecule has 0 heterocycles. The molecule has 4 aliphatic rings. The van der Waals surface area contributed by atoms with Crippen LogP contribution in [0.1, 0.15) is 143 Å². The summed E-state index contributed by atoms with van der Waals surface area (Å²) >= 11 is 0. The van der Waals surface area contributed by atoms with Crippen LogP contribution < -0.4 is 26.0 Å². The van der Waals surface area contributed by atoms with Crippen molar-refractivity contribution in [2.75, 3.05) is 25.0 Å². The van der Waals surface area contributed by atoms with Crippen molar-refractivity contribution in [3.8, 4) is 5.75 Å². The third-order valence-corrected chi connectivity index (χ3v) is 15.8. The van der Waals surface area contributed by atoms with Crippen molar-refractivity contribution in [3.05, 3.63) is 71.3 Å². The van der Waals surface area contributed by atoms with Gasteiger partial charge < -0.3 is 35.5 Å². The Morgan fingerprint density at radius 1 is 0.788 bits per heavy atom. The van der Waals surface area contributed by atoms with Gasteiger partial charge in [0.05, 0.1) is 12.6 Å². The van der Waals surface area contributed by atoms with E-state index in [9.17, 15) is 24.0 Å². The second-order valence-electron chi connectivity index (χ2n) is 20.9. The number of hydrogen-bond donors (Lipinski definition) is 4. The minimum absolute atomic E-state index is 0.00137. The van der Waals surface area contributed by atoms with E-state index in [1.54, 1.807) is 42.0 Å². The molecule has 12 nitrogen and oxygen atoms in total. The molecule has 3 fully saturated rings. The third-order valence-electron chi connectivity index (χ3n) is 15.8. The average molecular weight is 911 g/mol. The van der Waals surface area contributed by atoms with E-state index in [-0.39, 0.29) is 38.0 Å². The lowest BCUT2D eigenvalue weighted by molar-refractivity contribution is -0.130. The molecule has 0 unspecified atom stereocenters. The molecule has 6 rings (SSSR count). The summed E-state index contributed by atoms with van der Waals surface area (Å²) in [6, 6.07) is 12.8. The fourth-order valence-electron chi connectivity index (χ4n) is 12.1. The van der Waals surface area contributed by atoms with Gasteiger partial charge in [-0.3, -0.25) is 19.2 Å². The van der Waals surface area contributed by atoms with Crippen LogP contribution >= 0.6 is 0 Å². The van der Waals surface area contributed by atoms with Crippen molar-refractivity contribution < 1.29 is 38.2 Å². The molecule has 4 N–H and O–H groups in total. The van der Waals surface area contributed by atoms with Crippen molar-refractivity contribution >= 4 is 35.5 Å². The Kier molecular flexibility index (Phi) is 17.9. The number of benzene rings is 2. The summed E-state index contributed by atoms with van der Waals surface area (Å²) < 4.78 is 16.7. The van der Waals surface area contributed by atoms with Crippen molar-refractivity contribution in [1.82, 2.24) is 16.0 Å². The zero-order valence-electron chi connectivity index (χ0n) is 40.8. The molecule has 2 aromatic carbocycles. The number of anilines is 1. The standard InChI is InChI=1S/C54H78N4O8/c1-35(2)10-8-11-37(4)45-22-23-46-44-21-16-40-32-43(26-28-53(40,6)47(44)27-29-54(45,46)7)64-31-9-30-55-48(59)24-25-49(60)57-38(5)51(62)56-33-50(61)58-41-17-14-39(15-18-41)34-65-52(63)66-42-19-12-36(3)13-20-42/h12-20,35,37-38,43-47H,8-11,21-34H2,1-7H3,(H,55,59)(H,56,62)(H,57,60)(H,58,61)/t37-,38+,43+,44+,45-,46+,47+,53+,54-/m1/s1. The van der Waals surface area contributed by atoms with Crippen LogP contribution in [-0.4, -0.2) is 61.6 Å². The number of nitrogens with one attached hydrogen (secondary N) is 4.